The number of para-hydroxylation sites is 1. The largest absolute Gasteiger partial charge is 0.481 e. The molecule has 0 fully saturated rings. The van der Waals surface area contributed by atoms with Crippen molar-refractivity contribution < 1.29 is 14.3 Å². The summed E-state index contributed by atoms with van der Waals surface area (Å²) in [5.74, 6) is -0.307. The number of carbonyl (C=O) groups excluding carboxylic acids is 2. The van der Waals surface area contributed by atoms with Gasteiger partial charge in [0.15, 0.2) is 6.10 Å². The summed E-state index contributed by atoms with van der Waals surface area (Å²) in [7, 11) is 0. The molecule has 0 spiro atoms. The molecule has 2 amide bonds. The van der Waals surface area contributed by atoms with Crippen molar-refractivity contribution in [2.45, 2.75) is 13.0 Å². The van der Waals surface area contributed by atoms with Crippen LogP contribution in [0.15, 0.2) is 54.9 Å². The number of rotatable bonds is 4. The molecule has 0 aliphatic rings. The fourth-order valence-electron chi connectivity index (χ4n) is 1.55. The summed E-state index contributed by atoms with van der Waals surface area (Å²) in [4.78, 5) is 27.4. The third-order valence-electron chi connectivity index (χ3n) is 2.65. The molecule has 1 atom stereocenters. The Hall–Kier alpha value is -2.89. The van der Waals surface area contributed by atoms with E-state index < -0.39 is 17.9 Å². The van der Waals surface area contributed by atoms with Gasteiger partial charge >= 0.3 is 0 Å². The van der Waals surface area contributed by atoms with E-state index in [1.54, 1.807) is 37.4 Å². The normalized spacial score (nSPS) is 11.3. The SMILES string of the molecule is C[C@@H](Oc1ccccc1)C(=O)NNC(=O)c1cccnc1. The number of aromatic nitrogens is 1. The Kier molecular flexibility index (Phi) is 4.87. The van der Waals surface area contributed by atoms with Crippen molar-refractivity contribution in [3.05, 3.63) is 60.4 Å². The van der Waals surface area contributed by atoms with E-state index in [1.165, 1.54) is 6.20 Å². The zero-order chi connectivity index (χ0) is 15.1. The van der Waals surface area contributed by atoms with E-state index in [2.05, 4.69) is 15.8 Å². The first kappa shape index (κ1) is 14.5. The Labute approximate surface area is 122 Å². The quantitative estimate of drug-likeness (QED) is 0.830. The molecule has 0 saturated heterocycles. The number of hydrogen-bond donors (Lipinski definition) is 2. The number of ether oxygens (including phenoxy) is 1. The molecule has 1 heterocycles. The fourth-order valence-corrected chi connectivity index (χ4v) is 1.55. The van der Waals surface area contributed by atoms with E-state index in [0.29, 0.717) is 11.3 Å². The molecule has 108 valence electrons. The zero-order valence-electron chi connectivity index (χ0n) is 11.4. The summed E-state index contributed by atoms with van der Waals surface area (Å²) in [6, 6.07) is 12.2. The lowest BCUT2D eigenvalue weighted by Gasteiger charge is -2.15. The van der Waals surface area contributed by atoms with Gasteiger partial charge in [0.1, 0.15) is 5.75 Å². The molecule has 21 heavy (non-hydrogen) atoms. The van der Waals surface area contributed by atoms with Crippen LogP contribution in [0.3, 0.4) is 0 Å². The van der Waals surface area contributed by atoms with Gasteiger partial charge in [0.25, 0.3) is 11.8 Å². The average molecular weight is 285 g/mol. The van der Waals surface area contributed by atoms with E-state index >= 15 is 0 Å². The minimum absolute atomic E-state index is 0.356. The molecule has 1 aromatic carbocycles. The molecule has 1 aromatic heterocycles. The smallest absolute Gasteiger partial charge is 0.279 e. The predicted octanol–water partition coefficient (Wildman–Crippen LogP) is 1.31. The summed E-state index contributed by atoms with van der Waals surface area (Å²) in [6.07, 6.45) is 2.23. The van der Waals surface area contributed by atoms with Gasteiger partial charge in [0.2, 0.25) is 0 Å². The standard InChI is InChI=1S/C15H15N3O3/c1-11(21-13-7-3-2-4-8-13)14(19)17-18-15(20)12-6-5-9-16-10-12/h2-11H,1H3,(H,17,19)(H,18,20)/t11-/m1/s1. The van der Waals surface area contributed by atoms with Crippen molar-refractivity contribution in [2.75, 3.05) is 0 Å². The van der Waals surface area contributed by atoms with Gasteiger partial charge in [-0.05, 0) is 31.2 Å². The Morgan fingerprint density at radius 2 is 1.86 bits per heavy atom. The molecule has 0 aliphatic heterocycles. The number of nitrogens with zero attached hydrogens (tertiary/aromatic N) is 1. The first-order valence-electron chi connectivity index (χ1n) is 6.39. The number of nitrogens with one attached hydrogen (secondary N) is 2. The van der Waals surface area contributed by atoms with Crippen LogP contribution in [0, 0.1) is 0 Å². The molecule has 6 heteroatoms. The van der Waals surface area contributed by atoms with Crippen LogP contribution in [0.2, 0.25) is 0 Å². The molecule has 2 aromatic rings. The van der Waals surface area contributed by atoms with Crippen LogP contribution in [0.5, 0.6) is 5.75 Å². The van der Waals surface area contributed by atoms with Gasteiger partial charge in [0.05, 0.1) is 5.56 Å². The van der Waals surface area contributed by atoms with E-state index in [-0.39, 0.29) is 0 Å². The van der Waals surface area contributed by atoms with Gasteiger partial charge in [-0.2, -0.15) is 0 Å². The number of carbonyl (C=O) groups is 2. The molecule has 2 N–H and O–H groups in total. The molecule has 2 rings (SSSR count). The molecule has 0 unspecified atom stereocenters. The van der Waals surface area contributed by atoms with E-state index in [9.17, 15) is 9.59 Å². The average Bonchev–Trinajstić information content (AvgIpc) is 2.54. The summed E-state index contributed by atoms with van der Waals surface area (Å²) in [5, 5.41) is 0. The molecular weight excluding hydrogens is 270 g/mol. The number of pyridine rings is 1. The maximum absolute atomic E-state index is 11.8. The van der Waals surface area contributed by atoms with Crippen LogP contribution >= 0.6 is 0 Å². The van der Waals surface area contributed by atoms with Crippen molar-refractivity contribution in [2.24, 2.45) is 0 Å². The highest BCUT2D eigenvalue weighted by molar-refractivity contribution is 5.95. The predicted molar refractivity (Wildman–Crippen MR) is 76.4 cm³/mol. The highest BCUT2D eigenvalue weighted by Crippen LogP contribution is 2.10. The number of benzene rings is 1. The van der Waals surface area contributed by atoms with Gasteiger partial charge < -0.3 is 4.74 Å². The molecular formula is C15H15N3O3. The van der Waals surface area contributed by atoms with Crippen LogP contribution < -0.4 is 15.6 Å². The minimum Gasteiger partial charge on any atom is -0.481 e. The first-order valence-corrected chi connectivity index (χ1v) is 6.39. The van der Waals surface area contributed by atoms with Crippen molar-refractivity contribution in [1.82, 2.24) is 15.8 Å². The van der Waals surface area contributed by atoms with E-state index in [4.69, 9.17) is 4.74 Å². The van der Waals surface area contributed by atoms with Crippen LogP contribution in [-0.4, -0.2) is 22.9 Å². The fraction of sp³-hybridized carbons (Fsp3) is 0.133. The molecule has 0 radical (unpaired) electrons. The van der Waals surface area contributed by atoms with Crippen molar-refractivity contribution in [3.63, 3.8) is 0 Å². The highest BCUT2D eigenvalue weighted by atomic mass is 16.5. The molecule has 0 bridgehead atoms. The third-order valence-corrected chi connectivity index (χ3v) is 2.65. The van der Waals surface area contributed by atoms with Crippen LogP contribution in [0.25, 0.3) is 0 Å². The van der Waals surface area contributed by atoms with Crippen molar-refractivity contribution in [3.8, 4) is 5.75 Å². The summed E-state index contributed by atoms with van der Waals surface area (Å²) in [5.41, 5.74) is 4.97. The van der Waals surface area contributed by atoms with Gasteiger partial charge in [-0.25, -0.2) is 0 Å². The molecule has 0 saturated carbocycles. The van der Waals surface area contributed by atoms with Gasteiger partial charge in [-0.1, -0.05) is 18.2 Å². The minimum atomic E-state index is -0.735. The van der Waals surface area contributed by atoms with Gasteiger partial charge in [-0.3, -0.25) is 25.4 Å². The maximum Gasteiger partial charge on any atom is 0.279 e. The number of hydrogen-bond acceptors (Lipinski definition) is 4. The summed E-state index contributed by atoms with van der Waals surface area (Å²) >= 11 is 0. The summed E-state index contributed by atoms with van der Waals surface area (Å²) < 4.78 is 5.44. The maximum atomic E-state index is 11.8. The topological polar surface area (TPSA) is 80.3 Å². The lowest BCUT2D eigenvalue weighted by molar-refractivity contribution is -0.128. The van der Waals surface area contributed by atoms with Crippen molar-refractivity contribution in [1.29, 1.82) is 0 Å². The Balaban J connectivity index is 1.83. The van der Waals surface area contributed by atoms with E-state index in [1.807, 2.05) is 18.2 Å². The van der Waals surface area contributed by atoms with E-state index in [0.717, 1.165) is 0 Å². The van der Waals surface area contributed by atoms with Gasteiger partial charge in [0, 0.05) is 12.4 Å². The molecule has 0 aliphatic carbocycles. The Morgan fingerprint density at radius 3 is 2.52 bits per heavy atom. The Bertz CT molecular complexity index is 602. The Morgan fingerprint density at radius 1 is 1.10 bits per heavy atom. The van der Waals surface area contributed by atoms with Gasteiger partial charge in [-0.15, -0.1) is 0 Å². The second-order valence-electron chi connectivity index (χ2n) is 4.26. The first-order chi connectivity index (χ1) is 10.2. The van der Waals surface area contributed by atoms with Crippen LogP contribution in [0.1, 0.15) is 17.3 Å². The monoisotopic (exact) mass is 285 g/mol. The number of hydrazine groups is 1. The van der Waals surface area contributed by atoms with Crippen LogP contribution in [-0.2, 0) is 4.79 Å². The second kappa shape index (κ2) is 7.04. The summed E-state index contributed by atoms with van der Waals surface area (Å²) in [6.45, 7) is 1.60. The highest BCUT2D eigenvalue weighted by Gasteiger charge is 2.15. The third kappa shape index (κ3) is 4.31. The zero-order valence-corrected chi connectivity index (χ0v) is 11.4. The number of amides is 2. The van der Waals surface area contributed by atoms with Crippen molar-refractivity contribution >= 4 is 11.8 Å². The van der Waals surface area contributed by atoms with Crippen LogP contribution in [0.4, 0.5) is 0 Å². The lowest BCUT2D eigenvalue weighted by Crippen LogP contribution is -2.47. The second-order valence-corrected chi connectivity index (χ2v) is 4.26. The molecule has 6 nitrogen and oxygen atoms in total. The lowest BCUT2D eigenvalue weighted by atomic mass is 10.3.